The number of carbonyl (C=O) groups excluding carboxylic acids is 2. The standard InChI is InChI=1S/C14H21N3O2S/c1-10-16-11(8-20-10)7-12(18)17-6-4-5-14(2,9-17)13(19)15-3/h8H,4-7,9H2,1-3H3,(H,15,19). The lowest BCUT2D eigenvalue weighted by Gasteiger charge is -2.39. The highest BCUT2D eigenvalue weighted by atomic mass is 32.1. The van der Waals surface area contributed by atoms with Crippen LogP contribution < -0.4 is 5.32 Å². The molecule has 0 radical (unpaired) electrons. The largest absolute Gasteiger partial charge is 0.359 e. The minimum Gasteiger partial charge on any atom is -0.359 e. The van der Waals surface area contributed by atoms with E-state index in [2.05, 4.69) is 10.3 Å². The third-order valence-corrected chi connectivity index (χ3v) is 4.65. The van der Waals surface area contributed by atoms with Crippen LogP contribution in [0, 0.1) is 12.3 Å². The summed E-state index contributed by atoms with van der Waals surface area (Å²) in [4.78, 5) is 30.4. The maximum Gasteiger partial charge on any atom is 0.228 e. The van der Waals surface area contributed by atoms with Crippen LogP contribution in [-0.2, 0) is 16.0 Å². The summed E-state index contributed by atoms with van der Waals surface area (Å²) < 4.78 is 0. The monoisotopic (exact) mass is 295 g/mol. The Morgan fingerprint density at radius 3 is 2.90 bits per heavy atom. The van der Waals surface area contributed by atoms with E-state index in [1.807, 2.05) is 19.2 Å². The summed E-state index contributed by atoms with van der Waals surface area (Å²) in [5, 5.41) is 5.60. The average Bonchev–Trinajstić information content (AvgIpc) is 2.83. The zero-order valence-corrected chi connectivity index (χ0v) is 13.0. The zero-order chi connectivity index (χ0) is 14.8. The highest BCUT2D eigenvalue weighted by Crippen LogP contribution is 2.30. The van der Waals surface area contributed by atoms with Crippen LogP contribution in [0.15, 0.2) is 5.38 Å². The number of hydrogen-bond acceptors (Lipinski definition) is 4. The van der Waals surface area contributed by atoms with Gasteiger partial charge in [-0.25, -0.2) is 4.98 Å². The molecule has 1 unspecified atom stereocenters. The Balaban J connectivity index is 2.01. The van der Waals surface area contributed by atoms with Crippen LogP contribution in [0.3, 0.4) is 0 Å². The fourth-order valence-corrected chi connectivity index (χ4v) is 3.31. The first-order chi connectivity index (χ1) is 9.44. The fraction of sp³-hybridized carbons (Fsp3) is 0.643. The summed E-state index contributed by atoms with van der Waals surface area (Å²) >= 11 is 1.56. The van der Waals surface area contributed by atoms with Crippen LogP contribution in [0.4, 0.5) is 0 Å². The van der Waals surface area contributed by atoms with Crippen molar-refractivity contribution in [1.82, 2.24) is 15.2 Å². The predicted octanol–water partition coefficient (Wildman–Crippen LogP) is 1.37. The third kappa shape index (κ3) is 3.17. The number of thiazole rings is 1. The molecule has 1 fully saturated rings. The molecule has 20 heavy (non-hydrogen) atoms. The number of amides is 2. The summed E-state index contributed by atoms with van der Waals surface area (Å²) in [6.07, 6.45) is 2.02. The Morgan fingerprint density at radius 1 is 1.55 bits per heavy atom. The molecule has 1 N–H and O–H groups in total. The van der Waals surface area contributed by atoms with E-state index in [4.69, 9.17) is 0 Å². The quantitative estimate of drug-likeness (QED) is 0.916. The Hall–Kier alpha value is -1.43. The highest BCUT2D eigenvalue weighted by molar-refractivity contribution is 7.09. The van der Waals surface area contributed by atoms with Crippen LogP contribution in [0.5, 0.6) is 0 Å². The second kappa shape index (κ2) is 5.91. The van der Waals surface area contributed by atoms with Gasteiger partial charge in [0.2, 0.25) is 11.8 Å². The minimum atomic E-state index is -0.472. The molecule has 5 nitrogen and oxygen atoms in total. The van der Waals surface area contributed by atoms with E-state index in [-0.39, 0.29) is 11.8 Å². The second-order valence-corrected chi connectivity index (χ2v) is 6.66. The van der Waals surface area contributed by atoms with Gasteiger partial charge in [-0.2, -0.15) is 0 Å². The first-order valence-corrected chi connectivity index (χ1v) is 7.73. The van der Waals surface area contributed by atoms with E-state index < -0.39 is 5.41 Å². The lowest BCUT2D eigenvalue weighted by molar-refractivity contribution is -0.139. The van der Waals surface area contributed by atoms with E-state index in [9.17, 15) is 9.59 Å². The molecule has 0 aliphatic carbocycles. The second-order valence-electron chi connectivity index (χ2n) is 5.59. The van der Waals surface area contributed by atoms with Crippen LogP contribution in [-0.4, -0.2) is 41.8 Å². The first-order valence-electron chi connectivity index (χ1n) is 6.85. The number of nitrogens with one attached hydrogen (secondary N) is 1. The van der Waals surface area contributed by atoms with Crippen LogP contribution in [0.25, 0.3) is 0 Å². The topological polar surface area (TPSA) is 62.3 Å². The number of aromatic nitrogens is 1. The fourth-order valence-electron chi connectivity index (χ4n) is 2.70. The van der Waals surface area contributed by atoms with Crippen molar-refractivity contribution in [2.24, 2.45) is 5.41 Å². The molecule has 0 spiro atoms. The number of nitrogens with zero attached hydrogens (tertiary/aromatic N) is 2. The van der Waals surface area contributed by atoms with Crippen molar-refractivity contribution in [3.8, 4) is 0 Å². The number of carbonyl (C=O) groups is 2. The predicted molar refractivity (Wildman–Crippen MR) is 78.5 cm³/mol. The van der Waals surface area contributed by atoms with Gasteiger partial charge in [-0.15, -0.1) is 11.3 Å². The van der Waals surface area contributed by atoms with Gasteiger partial charge in [-0.3, -0.25) is 9.59 Å². The Kier molecular flexibility index (Phi) is 4.42. The van der Waals surface area contributed by atoms with Crippen molar-refractivity contribution in [1.29, 1.82) is 0 Å². The van der Waals surface area contributed by atoms with Gasteiger partial charge < -0.3 is 10.2 Å². The minimum absolute atomic E-state index is 0.0134. The molecule has 0 aromatic carbocycles. The normalized spacial score (nSPS) is 22.6. The summed E-state index contributed by atoms with van der Waals surface area (Å²) in [7, 11) is 1.65. The molecule has 1 aromatic rings. The molecule has 0 bridgehead atoms. The number of aryl methyl sites for hydroxylation is 1. The molecule has 1 aromatic heterocycles. The Morgan fingerprint density at radius 2 is 2.30 bits per heavy atom. The molecule has 110 valence electrons. The number of piperidine rings is 1. The number of rotatable bonds is 3. The molecule has 2 amide bonds. The van der Waals surface area contributed by atoms with Crippen LogP contribution in [0.1, 0.15) is 30.5 Å². The van der Waals surface area contributed by atoms with Gasteiger partial charge in [-0.05, 0) is 26.7 Å². The van der Waals surface area contributed by atoms with Gasteiger partial charge in [0.15, 0.2) is 0 Å². The molecular weight excluding hydrogens is 274 g/mol. The molecular formula is C14H21N3O2S. The zero-order valence-electron chi connectivity index (χ0n) is 12.2. The van der Waals surface area contributed by atoms with Crippen molar-refractivity contribution in [2.75, 3.05) is 20.1 Å². The van der Waals surface area contributed by atoms with Crippen molar-refractivity contribution in [3.05, 3.63) is 16.1 Å². The van der Waals surface area contributed by atoms with E-state index in [1.54, 1.807) is 23.3 Å². The molecule has 1 saturated heterocycles. The first kappa shape index (κ1) is 15.0. The smallest absolute Gasteiger partial charge is 0.228 e. The van der Waals surface area contributed by atoms with E-state index in [1.165, 1.54) is 0 Å². The van der Waals surface area contributed by atoms with Crippen molar-refractivity contribution >= 4 is 23.2 Å². The van der Waals surface area contributed by atoms with Crippen LogP contribution in [0.2, 0.25) is 0 Å². The van der Waals surface area contributed by atoms with Gasteiger partial charge in [0.05, 0.1) is 22.5 Å². The molecule has 0 saturated carbocycles. The van der Waals surface area contributed by atoms with Crippen molar-refractivity contribution in [3.63, 3.8) is 0 Å². The van der Waals surface area contributed by atoms with E-state index >= 15 is 0 Å². The van der Waals surface area contributed by atoms with Crippen molar-refractivity contribution in [2.45, 2.75) is 33.1 Å². The maximum absolute atomic E-state index is 12.3. The van der Waals surface area contributed by atoms with Crippen molar-refractivity contribution < 1.29 is 9.59 Å². The maximum atomic E-state index is 12.3. The summed E-state index contributed by atoms with van der Waals surface area (Å²) in [6.45, 7) is 5.09. The van der Waals surface area contributed by atoms with Gasteiger partial charge >= 0.3 is 0 Å². The van der Waals surface area contributed by atoms with E-state index in [0.717, 1.165) is 30.1 Å². The third-order valence-electron chi connectivity index (χ3n) is 3.82. The lowest BCUT2D eigenvalue weighted by Crippen LogP contribution is -2.51. The SMILES string of the molecule is CNC(=O)C1(C)CCCN(C(=O)Cc2csc(C)n2)C1. The number of hydrogen-bond donors (Lipinski definition) is 1. The summed E-state index contributed by atoms with van der Waals surface area (Å²) in [5.41, 5.74) is 0.352. The average molecular weight is 295 g/mol. The highest BCUT2D eigenvalue weighted by Gasteiger charge is 2.38. The molecule has 6 heteroatoms. The summed E-state index contributed by atoms with van der Waals surface area (Å²) in [6, 6.07) is 0. The lowest BCUT2D eigenvalue weighted by atomic mass is 9.81. The van der Waals surface area contributed by atoms with Crippen LogP contribution >= 0.6 is 11.3 Å². The van der Waals surface area contributed by atoms with Gasteiger partial charge in [-0.1, -0.05) is 0 Å². The van der Waals surface area contributed by atoms with Gasteiger partial charge in [0, 0.05) is 25.5 Å². The van der Waals surface area contributed by atoms with E-state index in [0.29, 0.717) is 13.0 Å². The Bertz CT molecular complexity index is 514. The molecule has 1 atom stereocenters. The number of likely N-dealkylation sites (tertiary alicyclic amines) is 1. The summed E-state index contributed by atoms with van der Waals surface area (Å²) in [5.74, 6) is 0.0737. The molecule has 2 rings (SSSR count). The van der Waals surface area contributed by atoms with Gasteiger partial charge in [0.1, 0.15) is 0 Å². The molecule has 1 aliphatic heterocycles. The van der Waals surface area contributed by atoms with Gasteiger partial charge in [0.25, 0.3) is 0 Å². The molecule has 2 heterocycles. The molecule has 1 aliphatic rings. The Labute approximate surface area is 123 Å².